The van der Waals surface area contributed by atoms with E-state index in [1.807, 2.05) is 18.5 Å². The summed E-state index contributed by atoms with van der Waals surface area (Å²) in [6.45, 7) is 5.09. The maximum absolute atomic E-state index is 5.44. The van der Waals surface area contributed by atoms with E-state index in [9.17, 15) is 0 Å². The Morgan fingerprint density at radius 1 is 1.29 bits per heavy atom. The van der Waals surface area contributed by atoms with E-state index in [4.69, 9.17) is 9.47 Å². The van der Waals surface area contributed by atoms with E-state index in [-0.39, 0.29) is 0 Å². The summed E-state index contributed by atoms with van der Waals surface area (Å²) in [6.07, 6.45) is 3.82. The smallest absolute Gasteiger partial charge is 0.123 e. The lowest BCUT2D eigenvalue weighted by Gasteiger charge is -2.12. The zero-order chi connectivity index (χ0) is 15.1. The van der Waals surface area contributed by atoms with Crippen LogP contribution in [0.4, 0.5) is 0 Å². The van der Waals surface area contributed by atoms with Gasteiger partial charge in [-0.05, 0) is 13.0 Å². The Labute approximate surface area is 125 Å². The molecule has 0 bridgehead atoms. The number of hydrogen-bond acceptors (Lipinski definition) is 4. The van der Waals surface area contributed by atoms with Crippen LogP contribution >= 0.6 is 0 Å². The van der Waals surface area contributed by atoms with Crippen LogP contribution in [0, 0.1) is 6.92 Å². The predicted octanol–water partition coefficient (Wildman–Crippen LogP) is 1.98. The van der Waals surface area contributed by atoms with Crippen molar-refractivity contribution in [1.29, 1.82) is 0 Å². The van der Waals surface area contributed by atoms with E-state index in [0.29, 0.717) is 6.61 Å². The zero-order valence-corrected chi connectivity index (χ0v) is 12.9. The summed E-state index contributed by atoms with van der Waals surface area (Å²) < 4.78 is 12.6. The Morgan fingerprint density at radius 2 is 2.14 bits per heavy atom. The van der Waals surface area contributed by atoms with E-state index in [1.165, 1.54) is 5.56 Å². The molecule has 1 aromatic heterocycles. The van der Waals surface area contributed by atoms with Crippen molar-refractivity contribution in [1.82, 2.24) is 14.9 Å². The first-order valence-electron chi connectivity index (χ1n) is 7.07. The lowest BCUT2D eigenvalue weighted by molar-refractivity contribution is 0.199. The van der Waals surface area contributed by atoms with Gasteiger partial charge in [-0.2, -0.15) is 0 Å². The maximum atomic E-state index is 5.44. The number of imidazole rings is 1. The summed E-state index contributed by atoms with van der Waals surface area (Å²) in [4.78, 5) is 4.41. The van der Waals surface area contributed by atoms with E-state index in [1.54, 1.807) is 14.2 Å². The highest BCUT2D eigenvalue weighted by Gasteiger charge is 2.07. The van der Waals surface area contributed by atoms with Crippen molar-refractivity contribution in [2.75, 3.05) is 27.4 Å². The second-order valence-corrected chi connectivity index (χ2v) is 4.96. The number of nitrogens with zero attached hydrogens (tertiary/aromatic N) is 2. The molecule has 114 valence electrons. The van der Waals surface area contributed by atoms with Gasteiger partial charge < -0.3 is 19.4 Å². The topological polar surface area (TPSA) is 48.3 Å². The largest absolute Gasteiger partial charge is 0.496 e. The summed E-state index contributed by atoms with van der Waals surface area (Å²) in [7, 11) is 3.40. The number of benzene rings is 1. The standard InChI is InChI=1S/C16H23N3O2/c1-13-4-5-15(21-3)14(10-13)12-19-8-6-18-16(19)11-17-7-9-20-2/h4-6,8,10,17H,7,9,11-12H2,1-3H3. The monoisotopic (exact) mass is 289 g/mol. The van der Waals surface area contributed by atoms with Gasteiger partial charge in [-0.1, -0.05) is 17.7 Å². The molecule has 21 heavy (non-hydrogen) atoms. The predicted molar refractivity (Wildman–Crippen MR) is 82.6 cm³/mol. The molecule has 0 atom stereocenters. The second kappa shape index (κ2) is 7.81. The van der Waals surface area contributed by atoms with Gasteiger partial charge >= 0.3 is 0 Å². The van der Waals surface area contributed by atoms with Crippen molar-refractivity contribution in [3.63, 3.8) is 0 Å². The minimum atomic E-state index is 0.701. The van der Waals surface area contributed by atoms with Crippen molar-refractivity contribution < 1.29 is 9.47 Å². The van der Waals surface area contributed by atoms with Crippen LogP contribution in [-0.4, -0.2) is 36.9 Å². The van der Waals surface area contributed by atoms with Crippen LogP contribution in [0.3, 0.4) is 0 Å². The summed E-state index contributed by atoms with van der Waals surface area (Å²) in [6, 6.07) is 6.22. The fourth-order valence-electron chi connectivity index (χ4n) is 2.24. The van der Waals surface area contributed by atoms with Gasteiger partial charge in [0, 0.05) is 31.6 Å². The molecule has 0 unspecified atom stereocenters. The van der Waals surface area contributed by atoms with Gasteiger partial charge in [-0.15, -0.1) is 0 Å². The summed E-state index contributed by atoms with van der Waals surface area (Å²) in [5.74, 6) is 1.92. The molecule has 1 N–H and O–H groups in total. The molecule has 2 rings (SSSR count). The molecule has 0 fully saturated rings. The number of rotatable bonds is 8. The van der Waals surface area contributed by atoms with Gasteiger partial charge in [0.25, 0.3) is 0 Å². The Bertz CT molecular complexity index is 566. The molecule has 0 saturated heterocycles. The normalized spacial score (nSPS) is 10.8. The van der Waals surface area contributed by atoms with Crippen molar-refractivity contribution in [2.45, 2.75) is 20.0 Å². The Kier molecular flexibility index (Phi) is 5.78. The van der Waals surface area contributed by atoms with Crippen LogP contribution in [0.15, 0.2) is 30.6 Å². The summed E-state index contributed by atoms with van der Waals surface area (Å²) in [5, 5.41) is 3.32. The molecule has 1 heterocycles. The van der Waals surface area contributed by atoms with Gasteiger partial charge in [0.15, 0.2) is 0 Å². The van der Waals surface area contributed by atoms with Crippen LogP contribution in [0.1, 0.15) is 17.0 Å². The van der Waals surface area contributed by atoms with Crippen molar-refractivity contribution >= 4 is 0 Å². The summed E-state index contributed by atoms with van der Waals surface area (Å²) in [5.41, 5.74) is 2.39. The molecular formula is C16H23N3O2. The lowest BCUT2D eigenvalue weighted by atomic mass is 10.1. The molecule has 0 radical (unpaired) electrons. The SMILES string of the molecule is COCCNCc1nccn1Cc1cc(C)ccc1OC. The molecule has 0 spiro atoms. The lowest BCUT2D eigenvalue weighted by Crippen LogP contribution is -2.21. The van der Waals surface area contributed by atoms with Crippen LogP contribution in [-0.2, 0) is 17.8 Å². The molecule has 0 aliphatic heterocycles. The minimum absolute atomic E-state index is 0.701. The van der Waals surface area contributed by atoms with Gasteiger partial charge in [0.05, 0.1) is 26.8 Å². The zero-order valence-electron chi connectivity index (χ0n) is 12.9. The highest BCUT2D eigenvalue weighted by Crippen LogP contribution is 2.21. The Balaban J connectivity index is 2.06. The number of methoxy groups -OCH3 is 2. The number of aryl methyl sites for hydroxylation is 1. The van der Waals surface area contributed by atoms with E-state index >= 15 is 0 Å². The highest BCUT2D eigenvalue weighted by atomic mass is 16.5. The van der Waals surface area contributed by atoms with Gasteiger partial charge in [-0.25, -0.2) is 4.98 Å². The Morgan fingerprint density at radius 3 is 2.90 bits per heavy atom. The van der Waals surface area contributed by atoms with Crippen molar-refractivity contribution in [3.8, 4) is 5.75 Å². The third-order valence-electron chi connectivity index (χ3n) is 3.34. The molecule has 0 aliphatic rings. The average molecular weight is 289 g/mol. The quantitative estimate of drug-likeness (QED) is 0.755. The summed E-state index contributed by atoms with van der Waals surface area (Å²) >= 11 is 0. The Hall–Kier alpha value is -1.85. The fourth-order valence-corrected chi connectivity index (χ4v) is 2.24. The molecule has 0 aliphatic carbocycles. The first-order valence-corrected chi connectivity index (χ1v) is 7.07. The van der Waals surface area contributed by atoms with E-state index < -0.39 is 0 Å². The van der Waals surface area contributed by atoms with Crippen LogP contribution in [0.5, 0.6) is 5.75 Å². The third kappa shape index (κ3) is 4.31. The molecule has 0 amide bonds. The first-order chi connectivity index (χ1) is 10.2. The van der Waals surface area contributed by atoms with Gasteiger partial charge in [-0.3, -0.25) is 0 Å². The molecule has 5 nitrogen and oxygen atoms in total. The van der Waals surface area contributed by atoms with Crippen molar-refractivity contribution in [3.05, 3.63) is 47.5 Å². The maximum Gasteiger partial charge on any atom is 0.123 e. The average Bonchev–Trinajstić information content (AvgIpc) is 2.91. The molecule has 1 aromatic carbocycles. The highest BCUT2D eigenvalue weighted by molar-refractivity contribution is 5.37. The number of ether oxygens (including phenoxy) is 2. The third-order valence-corrected chi connectivity index (χ3v) is 3.34. The molecule has 5 heteroatoms. The van der Waals surface area contributed by atoms with Crippen LogP contribution in [0.25, 0.3) is 0 Å². The fraction of sp³-hybridized carbons (Fsp3) is 0.438. The number of aromatic nitrogens is 2. The number of hydrogen-bond donors (Lipinski definition) is 1. The second-order valence-electron chi connectivity index (χ2n) is 4.96. The minimum Gasteiger partial charge on any atom is -0.496 e. The van der Waals surface area contributed by atoms with Crippen molar-refractivity contribution in [2.24, 2.45) is 0 Å². The first kappa shape index (κ1) is 15.5. The van der Waals surface area contributed by atoms with Crippen LogP contribution in [0.2, 0.25) is 0 Å². The van der Waals surface area contributed by atoms with E-state index in [2.05, 4.69) is 33.9 Å². The van der Waals surface area contributed by atoms with Gasteiger partial charge in [0.1, 0.15) is 11.6 Å². The number of nitrogens with one attached hydrogen (secondary N) is 1. The molecule has 0 saturated carbocycles. The molecular weight excluding hydrogens is 266 g/mol. The van der Waals surface area contributed by atoms with Gasteiger partial charge in [0.2, 0.25) is 0 Å². The van der Waals surface area contributed by atoms with Crippen LogP contribution < -0.4 is 10.1 Å². The molecule has 2 aromatic rings. The van der Waals surface area contributed by atoms with E-state index in [0.717, 1.165) is 36.8 Å².